The van der Waals surface area contributed by atoms with E-state index in [1.807, 2.05) is 0 Å². The van der Waals surface area contributed by atoms with Gasteiger partial charge in [-0.1, -0.05) is 27.5 Å². The molecule has 0 unspecified atom stereocenters. The third kappa shape index (κ3) is 2.26. The zero-order valence-corrected chi connectivity index (χ0v) is 11.4. The first-order chi connectivity index (χ1) is 8.45. The quantitative estimate of drug-likeness (QED) is 0.626. The van der Waals surface area contributed by atoms with E-state index in [1.54, 1.807) is 0 Å². The average molecular weight is 341 g/mol. The molecule has 4 atom stereocenters. The van der Waals surface area contributed by atoms with Crippen molar-refractivity contribution in [2.75, 3.05) is 12.3 Å². The van der Waals surface area contributed by atoms with Gasteiger partial charge in [-0.15, -0.1) is 0 Å². The van der Waals surface area contributed by atoms with Crippen LogP contribution in [0.2, 0.25) is 5.02 Å². The fourth-order valence-electron chi connectivity index (χ4n) is 1.73. The summed E-state index contributed by atoms with van der Waals surface area (Å²) in [6.07, 6.45) is -1.35. The zero-order valence-electron chi connectivity index (χ0n) is 9.03. The van der Waals surface area contributed by atoms with Crippen molar-refractivity contribution >= 4 is 33.3 Å². The largest absolute Gasteiger partial charge is 0.394 e. The molecule has 1 aromatic rings. The van der Waals surface area contributed by atoms with Crippen molar-refractivity contribution < 1.29 is 14.9 Å². The number of rotatable bonds is 2. The maximum atomic E-state index is 11.7. The molecule has 0 aromatic carbocycles. The number of nitrogens with zero attached hydrogens (tertiary/aromatic N) is 2. The monoisotopic (exact) mass is 339 g/mol. The van der Waals surface area contributed by atoms with Crippen LogP contribution in [0.4, 0.5) is 5.82 Å². The van der Waals surface area contributed by atoms with Crippen LogP contribution in [0.3, 0.4) is 0 Å². The summed E-state index contributed by atoms with van der Waals surface area (Å²) in [5.41, 5.74) is 4.71. The molecule has 0 spiro atoms. The Morgan fingerprint density at radius 2 is 2.33 bits per heavy atom. The van der Waals surface area contributed by atoms with E-state index in [0.29, 0.717) is 0 Å². The Morgan fingerprint density at radius 1 is 1.67 bits per heavy atom. The summed E-state index contributed by atoms with van der Waals surface area (Å²) >= 11 is 8.97. The molecule has 4 N–H and O–H groups in total. The van der Waals surface area contributed by atoms with Crippen molar-refractivity contribution in [2.24, 2.45) is 0 Å². The first-order valence-electron chi connectivity index (χ1n) is 5.08. The van der Waals surface area contributed by atoms with Crippen LogP contribution in [0.25, 0.3) is 0 Å². The second kappa shape index (κ2) is 5.14. The fraction of sp³-hybridized carbons (Fsp3) is 0.556. The van der Waals surface area contributed by atoms with Crippen molar-refractivity contribution in [3.05, 3.63) is 21.7 Å². The standard InChI is InChI=1S/C9H11BrClN3O4/c10-5-4(2-15)18-8(6(5)16)14-1-3(11)7(12)13-9(14)17/h1,4-6,8,15-16H,2H2,(H2,12,13,17)/t4-,5+,6-,8-/m1/s1. The zero-order chi connectivity index (χ0) is 13.4. The van der Waals surface area contributed by atoms with Gasteiger partial charge in [0.2, 0.25) is 0 Å². The number of aromatic nitrogens is 2. The van der Waals surface area contributed by atoms with Crippen LogP contribution in [-0.4, -0.2) is 43.4 Å². The lowest BCUT2D eigenvalue weighted by molar-refractivity contribution is -0.0528. The number of alkyl halides is 1. The van der Waals surface area contributed by atoms with Gasteiger partial charge in [0.05, 0.1) is 22.6 Å². The van der Waals surface area contributed by atoms with E-state index in [4.69, 9.17) is 27.2 Å². The normalized spacial score (nSPS) is 31.8. The van der Waals surface area contributed by atoms with Gasteiger partial charge in [0.25, 0.3) is 0 Å². The number of nitrogen functional groups attached to an aromatic ring is 1. The summed E-state index contributed by atoms with van der Waals surface area (Å²) in [5, 5.41) is 19.1. The Labute approximate surface area is 115 Å². The minimum atomic E-state index is -1.01. The van der Waals surface area contributed by atoms with Crippen LogP contribution < -0.4 is 11.4 Å². The molecule has 0 bridgehead atoms. The maximum absolute atomic E-state index is 11.7. The molecule has 2 rings (SSSR count). The third-order valence-corrected chi connectivity index (χ3v) is 4.10. The van der Waals surface area contributed by atoms with E-state index in [-0.39, 0.29) is 17.4 Å². The minimum absolute atomic E-state index is 0.0838. The molecular weight excluding hydrogens is 329 g/mol. The van der Waals surface area contributed by atoms with Crippen LogP contribution in [0.5, 0.6) is 0 Å². The molecule has 1 aliphatic heterocycles. The summed E-state index contributed by atoms with van der Waals surface area (Å²) in [4.78, 5) is 14.7. The summed E-state index contributed by atoms with van der Waals surface area (Å²) in [6, 6.07) is 0. The molecule has 100 valence electrons. The van der Waals surface area contributed by atoms with E-state index in [1.165, 1.54) is 6.20 Å². The number of ether oxygens (including phenoxy) is 1. The Kier molecular flexibility index (Phi) is 3.93. The Morgan fingerprint density at radius 3 is 2.89 bits per heavy atom. The molecular formula is C9H11BrClN3O4. The molecule has 18 heavy (non-hydrogen) atoms. The Bertz CT molecular complexity index is 511. The highest BCUT2D eigenvalue weighted by Gasteiger charge is 2.43. The second-order valence-corrected chi connectivity index (χ2v) is 5.31. The van der Waals surface area contributed by atoms with Crippen LogP contribution in [0, 0.1) is 0 Å². The van der Waals surface area contributed by atoms with Crippen LogP contribution in [0.15, 0.2) is 11.0 Å². The van der Waals surface area contributed by atoms with Crippen molar-refractivity contribution in [1.82, 2.24) is 9.55 Å². The second-order valence-electron chi connectivity index (χ2n) is 3.85. The number of aliphatic hydroxyl groups excluding tert-OH is 2. The highest BCUT2D eigenvalue weighted by Crippen LogP contribution is 2.33. The van der Waals surface area contributed by atoms with Gasteiger partial charge >= 0.3 is 5.69 Å². The molecule has 1 aliphatic rings. The maximum Gasteiger partial charge on any atom is 0.351 e. The van der Waals surface area contributed by atoms with E-state index in [2.05, 4.69) is 20.9 Å². The van der Waals surface area contributed by atoms with Gasteiger partial charge in [-0.25, -0.2) is 4.79 Å². The number of hydrogen-bond donors (Lipinski definition) is 3. The van der Waals surface area contributed by atoms with Crippen molar-refractivity contribution in [3.8, 4) is 0 Å². The van der Waals surface area contributed by atoms with Gasteiger partial charge in [-0.2, -0.15) is 4.98 Å². The lowest BCUT2D eigenvalue weighted by Gasteiger charge is -2.17. The summed E-state index contributed by atoms with van der Waals surface area (Å²) in [7, 11) is 0. The van der Waals surface area contributed by atoms with Crippen molar-refractivity contribution in [1.29, 1.82) is 0 Å². The van der Waals surface area contributed by atoms with Crippen molar-refractivity contribution in [2.45, 2.75) is 23.3 Å². The fourth-order valence-corrected chi connectivity index (χ4v) is 2.43. The highest BCUT2D eigenvalue weighted by atomic mass is 79.9. The van der Waals surface area contributed by atoms with Gasteiger partial charge in [0, 0.05) is 6.20 Å². The van der Waals surface area contributed by atoms with Crippen LogP contribution >= 0.6 is 27.5 Å². The minimum Gasteiger partial charge on any atom is -0.394 e. The molecule has 0 saturated carbocycles. The molecule has 7 nitrogen and oxygen atoms in total. The predicted octanol–water partition coefficient (Wildman–Crippen LogP) is -0.507. The molecule has 2 heterocycles. The topological polar surface area (TPSA) is 111 Å². The number of halogens is 2. The van der Waals surface area contributed by atoms with Gasteiger partial charge in [0.15, 0.2) is 6.23 Å². The van der Waals surface area contributed by atoms with Gasteiger partial charge in [0.1, 0.15) is 11.9 Å². The number of anilines is 1. The lowest BCUT2D eigenvalue weighted by atomic mass is 10.2. The molecule has 1 saturated heterocycles. The first-order valence-corrected chi connectivity index (χ1v) is 6.37. The van der Waals surface area contributed by atoms with Gasteiger partial charge in [-0.05, 0) is 0 Å². The first kappa shape index (κ1) is 13.8. The molecule has 0 aliphatic carbocycles. The van der Waals surface area contributed by atoms with E-state index in [0.717, 1.165) is 4.57 Å². The number of aliphatic hydroxyl groups is 2. The lowest BCUT2D eigenvalue weighted by Crippen LogP contribution is -2.34. The predicted molar refractivity (Wildman–Crippen MR) is 67.6 cm³/mol. The third-order valence-electron chi connectivity index (χ3n) is 2.68. The average Bonchev–Trinajstić information content (AvgIpc) is 2.61. The van der Waals surface area contributed by atoms with E-state index >= 15 is 0 Å². The SMILES string of the molecule is Nc1nc(=O)n([C@@H]2O[C@H](CO)[C@H](Br)[C@H]2O)cc1Cl. The van der Waals surface area contributed by atoms with Crippen molar-refractivity contribution in [3.63, 3.8) is 0 Å². The number of hydrogen-bond acceptors (Lipinski definition) is 6. The number of nitrogens with two attached hydrogens (primary N) is 1. The van der Waals surface area contributed by atoms with Crippen LogP contribution in [-0.2, 0) is 4.74 Å². The van der Waals surface area contributed by atoms with E-state index in [9.17, 15) is 9.90 Å². The molecule has 1 aromatic heterocycles. The van der Waals surface area contributed by atoms with Crippen LogP contribution in [0.1, 0.15) is 6.23 Å². The van der Waals surface area contributed by atoms with E-state index < -0.39 is 29.0 Å². The summed E-state index contributed by atoms with van der Waals surface area (Å²) in [5.74, 6) is -0.0838. The Hall–Kier alpha value is -0.670. The summed E-state index contributed by atoms with van der Waals surface area (Å²) in [6.45, 7) is -0.283. The molecule has 0 amide bonds. The molecule has 9 heteroatoms. The smallest absolute Gasteiger partial charge is 0.351 e. The van der Waals surface area contributed by atoms with Gasteiger partial charge < -0.3 is 20.7 Å². The highest BCUT2D eigenvalue weighted by molar-refractivity contribution is 9.09. The van der Waals surface area contributed by atoms with Gasteiger partial charge in [-0.3, -0.25) is 4.57 Å². The molecule has 0 radical (unpaired) electrons. The Balaban J connectivity index is 2.39. The summed E-state index contributed by atoms with van der Waals surface area (Å²) < 4.78 is 6.42. The molecule has 1 fully saturated rings.